The third kappa shape index (κ3) is 7.41. The number of aromatic amines is 1. The van der Waals surface area contributed by atoms with Crippen molar-refractivity contribution >= 4 is 11.7 Å². The lowest BCUT2D eigenvalue weighted by molar-refractivity contribution is -0.125. The average Bonchev–Trinajstić information content (AvgIpc) is 2.97. The van der Waals surface area contributed by atoms with Gasteiger partial charge in [-0.1, -0.05) is 0 Å². The van der Waals surface area contributed by atoms with Gasteiger partial charge < -0.3 is 15.0 Å². The number of anilines is 1. The lowest BCUT2D eigenvalue weighted by Gasteiger charge is -2.40. The standard InChI is InChI=1S/C30H31F6N5O3/c1-18(27(42)39-26-5-3-22(15-37-26)44-25-4-2-21(31)13-24(25)32)41-11-8-30(35,36)23(17-41)19-12-20(28(43)38-14-19)16-40-9-6-29(33,34)7-10-40/h2-5,12-15,18,23H,6-11,16-17H2,1H3,(H,38,43)(H,37,39,42). The molecule has 0 radical (unpaired) electrons. The van der Waals surface area contributed by atoms with Gasteiger partial charge in [-0.3, -0.25) is 19.4 Å². The Labute approximate surface area is 249 Å². The number of pyridine rings is 2. The Hall–Kier alpha value is -3.91. The minimum atomic E-state index is -3.11. The molecule has 4 heterocycles. The number of H-pyrrole nitrogens is 1. The fraction of sp³-hybridized carbons (Fsp3) is 0.433. The molecule has 5 rings (SSSR count). The number of piperidine rings is 2. The summed E-state index contributed by atoms with van der Waals surface area (Å²) in [6.07, 6.45) is 1.31. The van der Waals surface area contributed by atoms with Crippen LogP contribution in [0.4, 0.5) is 32.2 Å². The van der Waals surface area contributed by atoms with Crippen LogP contribution in [0.1, 0.15) is 43.2 Å². The van der Waals surface area contributed by atoms with Gasteiger partial charge in [0.25, 0.3) is 17.4 Å². The van der Waals surface area contributed by atoms with Crippen LogP contribution in [0.5, 0.6) is 11.5 Å². The molecule has 0 saturated carbocycles. The Kier molecular flexibility index (Phi) is 9.02. The SMILES string of the molecule is CC(C(=O)Nc1ccc(Oc2ccc(F)cc2F)cn1)N1CCC(F)(F)C(c2c[nH]c(=O)c(CN3CCC(F)(F)CC3)c2)C1. The molecule has 2 fully saturated rings. The molecule has 2 atom stereocenters. The predicted molar refractivity (Wildman–Crippen MR) is 149 cm³/mol. The maximum Gasteiger partial charge on any atom is 0.257 e. The molecule has 2 saturated heterocycles. The molecule has 2 aromatic heterocycles. The van der Waals surface area contributed by atoms with Crippen LogP contribution in [-0.4, -0.2) is 69.7 Å². The second-order valence-corrected chi connectivity index (χ2v) is 11.2. The van der Waals surface area contributed by atoms with Crippen LogP contribution in [0.2, 0.25) is 0 Å². The second kappa shape index (κ2) is 12.6. The van der Waals surface area contributed by atoms with Gasteiger partial charge in [0, 0.05) is 69.8 Å². The van der Waals surface area contributed by atoms with E-state index in [-0.39, 0.29) is 74.0 Å². The predicted octanol–water partition coefficient (Wildman–Crippen LogP) is 5.52. The molecule has 2 aliphatic rings. The van der Waals surface area contributed by atoms with Crippen molar-refractivity contribution in [3.05, 3.63) is 81.9 Å². The van der Waals surface area contributed by atoms with Gasteiger partial charge in [0.15, 0.2) is 11.6 Å². The number of hydrogen-bond donors (Lipinski definition) is 2. The van der Waals surface area contributed by atoms with E-state index in [9.17, 15) is 27.2 Å². The fourth-order valence-corrected chi connectivity index (χ4v) is 5.37. The molecule has 14 heteroatoms. The number of likely N-dealkylation sites (tertiary alicyclic amines) is 2. The van der Waals surface area contributed by atoms with Crippen LogP contribution in [0.3, 0.4) is 0 Å². The molecule has 8 nitrogen and oxygen atoms in total. The molecule has 0 spiro atoms. The van der Waals surface area contributed by atoms with Gasteiger partial charge >= 0.3 is 0 Å². The van der Waals surface area contributed by atoms with Crippen molar-refractivity contribution < 1.29 is 35.9 Å². The summed E-state index contributed by atoms with van der Waals surface area (Å²) < 4.78 is 89.8. The quantitative estimate of drug-likeness (QED) is 0.321. The molecule has 1 aromatic carbocycles. The summed E-state index contributed by atoms with van der Waals surface area (Å²) in [4.78, 5) is 35.4. The third-order valence-corrected chi connectivity index (χ3v) is 8.08. The Morgan fingerprint density at radius 2 is 1.84 bits per heavy atom. The van der Waals surface area contributed by atoms with Crippen LogP contribution >= 0.6 is 0 Å². The summed E-state index contributed by atoms with van der Waals surface area (Å²) in [6, 6.07) is 6.28. The summed E-state index contributed by atoms with van der Waals surface area (Å²) in [6.45, 7) is 1.60. The number of nitrogens with one attached hydrogen (secondary N) is 2. The van der Waals surface area contributed by atoms with E-state index in [1.807, 2.05) is 0 Å². The van der Waals surface area contributed by atoms with Crippen molar-refractivity contribution in [2.75, 3.05) is 31.5 Å². The summed E-state index contributed by atoms with van der Waals surface area (Å²) in [5, 5.41) is 2.63. The Balaban J connectivity index is 1.22. The van der Waals surface area contributed by atoms with Crippen LogP contribution in [-0.2, 0) is 11.3 Å². The highest BCUT2D eigenvalue weighted by Crippen LogP contribution is 2.41. The van der Waals surface area contributed by atoms with E-state index in [2.05, 4.69) is 15.3 Å². The first-order valence-electron chi connectivity index (χ1n) is 14.1. The molecule has 236 valence electrons. The number of carbonyl (C=O) groups excluding carboxylic acids is 1. The summed E-state index contributed by atoms with van der Waals surface area (Å²) >= 11 is 0. The number of alkyl halides is 4. The lowest BCUT2D eigenvalue weighted by atomic mass is 9.86. The first-order valence-corrected chi connectivity index (χ1v) is 14.1. The highest BCUT2D eigenvalue weighted by Gasteiger charge is 2.46. The number of halogens is 6. The van der Waals surface area contributed by atoms with Crippen molar-refractivity contribution in [2.45, 2.75) is 56.5 Å². The molecule has 0 aliphatic carbocycles. The van der Waals surface area contributed by atoms with Gasteiger partial charge in [-0.05, 0) is 42.8 Å². The largest absolute Gasteiger partial charge is 0.453 e. The zero-order valence-electron chi connectivity index (χ0n) is 23.8. The van der Waals surface area contributed by atoms with Crippen molar-refractivity contribution in [1.82, 2.24) is 19.8 Å². The molecule has 2 aliphatic heterocycles. The van der Waals surface area contributed by atoms with Crippen LogP contribution < -0.4 is 15.6 Å². The van der Waals surface area contributed by atoms with Crippen LogP contribution in [0.25, 0.3) is 0 Å². The first kappa shape index (κ1) is 31.5. The van der Waals surface area contributed by atoms with E-state index in [1.165, 1.54) is 30.6 Å². The number of carbonyl (C=O) groups is 1. The lowest BCUT2D eigenvalue weighted by Crippen LogP contribution is -2.52. The zero-order chi connectivity index (χ0) is 31.6. The fourth-order valence-electron chi connectivity index (χ4n) is 5.37. The second-order valence-electron chi connectivity index (χ2n) is 11.2. The van der Waals surface area contributed by atoms with Gasteiger partial charge in [-0.15, -0.1) is 0 Å². The molecule has 2 unspecified atom stereocenters. The van der Waals surface area contributed by atoms with Crippen LogP contribution in [0, 0.1) is 11.6 Å². The van der Waals surface area contributed by atoms with Gasteiger partial charge in [-0.2, -0.15) is 0 Å². The van der Waals surface area contributed by atoms with E-state index < -0.39 is 53.3 Å². The zero-order valence-corrected chi connectivity index (χ0v) is 23.8. The number of ether oxygens (including phenoxy) is 1. The van der Waals surface area contributed by atoms with Gasteiger partial charge in [0.2, 0.25) is 5.91 Å². The number of benzene rings is 1. The maximum absolute atomic E-state index is 15.2. The van der Waals surface area contributed by atoms with Gasteiger partial charge in [0.1, 0.15) is 17.4 Å². The molecule has 0 bridgehead atoms. The number of hydrogen-bond acceptors (Lipinski definition) is 6. The minimum absolute atomic E-state index is 0.0558. The van der Waals surface area contributed by atoms with Crippen LogP contribution in [0.15, 0.2) is 53.6 Å². The smallest absolute Gasteiger partial charge is 0.257 e. The van der Waals surface area contributed by atoms with E-state index in [1.54, 1.807) is 16.7 Å². The number of nitrogens with zero attached hydrogens (tertiary/aromatic N) is 3. The van der Waals surface area contributed by atoms with E-state index in [0.29, 0.717) is 6.07 Å². The number of amides is 1. The van der Waals surface area contributed by atoms with E-state index >= 15 is 8.78 Å². The monoisotopic (exact) mass is 623 g/mol. The van der Waals surface area contributed by atoms with E-state index in [0.717, 1.165) is 12.1 Å². The van der Waals surface area contributed by atoms with Crippen molar-refractivity contribution in [2.24, 2.45) is 0 Å². The third-order valence-electron chi connectivity index (χ3n) is 8.08. The maximum atomic E-state index is 15.2. The van der Waals surface area contributed by atoms with Crippen molar-refractivity contribution in [3.63, 3.8) is 0 Å². The molecule has 3 aromatic rings. The van der Waals surface area contributed by atoms with E-state index in [4.69, 9.17) is 4.74 Å². The normalized spacial score (nSPS) is 21.0. The molecule has 1 amide bonds. The summed E-state index contributed by atoms with van der Waals surface area (Å²) in [7, 11) is 0. The molecule has 44 heavy (non-hydrogen) atoms. The average molecular weight is 624 g/mol. The summed E-state index contributed by atoms with van der Waals surface area (Å²) in [5.74, 6) is -9.25. The molecular formula is C30H31F6N5O3. The van der Waals surface area contributed by atoms with Crippen molar-refractivity contribution in [3.8, 4) is 11.5 Å². The Bertz CT molecular complexity index is 1540. The highest BCUT2D eigenvalue weighted by molar-refractivity contribution is 5.93. The minimum Gasteiger partial charge on any atom is -0.453 e. The number of rotatable bonds is 8. The number of aromatic nitrogens is 2. The van der Waals surface area contributed by atoms with Gasteiger partial charge in [0.05, 0.1) is 18.2 Å². The van der Waals surface area contributed by atoms with Gasteiger partial charge in [-0.25, -0.2) is 31.3 Å². The Morgan fingerprint density at radius 3 is 2.52 bits per heavy atom. The topological polar surface area (TPSA) is 90.6 Å². The van der Waals surface area contributed by atoms with Crippen molar-refractivity contribution in [1.29, 1.82) is 0 Å². The molecule has 2 N–H and O–H groups in total. The highest BCUT2D eigenvalue weighted by atomic mass is 19.3. The molecular weight excluding hydrogens is 592 g/mol. The Morgan fingerprint density at radius 1 is 1.09 bits per heavy atom. The summed E-state index contributed by atoms with van der Waals surface area (Å²) in [5.41, 5.74) is -0.0623. The first-order chi connectivity index (χ1) is 20.8.